The van der Waals surface area contributed by atoms with Crippen LogP contribution in [0, 0.1) is 17.5 Å². The molecule has 6 heterocycles. The summed E-state index contributed by atoms with van der Waals surface area (Å²) < 4.78 is 133. The molecule has 4 N–H and O–H groups in total. The van der Waals surface area contributed by atoms with Gasteiger partial charge in [0, 0.05) is 37.9 Å². The largest absolute Gasteiger partial charge is 0.508 e. The number of aryl methyl sites for hydroxylation is 1. The molecule has 3 fully saturated rings. The van der Waals surface area contributed by atoms with E-state index >= 15 is 13.2 Å². The lowest BCUT2D eigenvalue weighted by molar-refractivity contribution is -0.193. The van der Waals surface area contributed by atoms with Crippen LogP contribution in [0.5, 0.6) is 11.8 Å². The zero-order valence-electron chi connectivity index (χ0n) is 32.7. The Morgan fingerprint density at radius 1 is 0.919 bits per heavy atom. The van der Waals surface area contributed by atoms with Gasteiger partial charge >= 0.3 is 30.3 Å². The lowest BCUT2D eigenvalue weighted by atomic mass is 9.89. The fourth-order valence-electron chi connectivity index (χ4n) is 8.65. The van der Waals surface area contributed by atoms with E-state index in [-0.39, 0.29) is 70.3 Å². The highest BCUT2D eigenvalue weighted by molar-refractivity contribution is 6.03. The normalized spacial score (nSPS) is 22.7. The Labute approximate surface area is 345 Å². The van der Waals surface area contributed by atoms with Gasteiger partial charge in [0.15, 0.2) is 5.82 Å². The number of phenolic OH excluding ortho intramolecular Hbond substituents is 1. The lowest BCUT2D eigenvalue weighted by Crippen LogP contribution is -2.57. The number of carbonyl (C=O) groups is 3. The van der Waals surface area contributed by atoms with Gasteiger partial charge in [0.25, 0.3) is 0 Å². The van der Waals surface area contributed by atoms with Gasteiger partial charge < -0.3 is 30.3 Å². The van der Waals surface area contributed by atoms with Crippen molar-refractivity contribution in [1.82, 2.24) is 20.2 Å². The molecule has 6 bridgehead atoms. The van der Waals surface area contributed by atoms with E-state index in [2.05, 4.69) is 15.2 Å². The average molecular weight is 892 g/mol. The number of carbonyl (C=O) groups excluding carboxylic acids is 1. The number of piperidine rings is 1. The summed E-state index contributed by atoms with van der Waals surface area (Å²) in [5, 5.41) is 28.8. The van der Waals surface area contributed by atoms with Gasteiger partial charge in [0.05, 0.1) is 16.6 Å². The minimum atomic E-state index is -5.08. The Morgan fingerprint density at radius 3 is 2.24 bits per heavy atom. The second-order valence-electron chi connectivity index (χ2n) is 15.8. The molecule has 0 unspecified atom stereocenters. The summed E-state index contributed by atoms with van der Waals surface area (Å²) in [6, 6.07) is 6.42. The zero-order chi connectivity index (χ0) is 45.5. The SMILES string of the molecule is C[C@@]12CCCN(C1)c1nc(OC[C@@]34CCCN3C[C@H](F)C4)nc3c(F)c(c(F)cc13)-c1cc(O)cc3ccc(F)c(c13)CCCC(=O)N2.O=C(O)C(F)(F)F.O=C(O)C(F)(F)F. The number of nitrogens with one attached hydrogen (secondary N) is 1. The highest BCUT2D eigenvalue weighted by Crippen LogP contribution is 2.44. The first kappa shape index (κ1) is 45.8. The van der Waals surface area contributed by atoms with E-state index in [9.17, 15) is 40.6 Å². The third-order valence-corrected chi connectivity index (χ3v) is 11.2. The Hall–Kier alpha value is -5.67. The van der Waals surface area contributed by atoms with Crippen molar-refractivity contribution in [2.75, 3.05) is 37.7 Å². The molecular formula is C40H39F10N5O7. The number of alkyl halides is 7. The van der Waals surface area contributed by atoms with Crippen molar-refractivity contribution in [2.24, 2.45) is 0 Å². The van der Waals surface area contributed by atoms with Crippen LogP contribution in [0.3, 0.4) is 0 Å². The number of rotatable bonds is 3. The summed E-state index contributed by atoms with van der Waals surface area (Å²) in [7, 11) is 0. The molecule has 3 aromatic carbocycles. The van der Waals surface area contributed by atoms with Crippen LogP contribution in [-0.4, -0.2) is 110 Å². The third kappa shape index (κ3) is 9.68. The summed E-state index contributed by atoms with van der Waals surface area (Å²) in [6.45, 7) is 3.99. The lowest BCUT2D eigenvalue weighted by Gasteiger charge is -2.42. The molecule has 5 aliphatic heterocycles. The number of fused-ring (bicyclic) bond motifs is 6. The number of amides is 1. The maximum atomic E-state index is 17.0. The minimum Gasteiger partial charge on any atom is -0.508 e. The first-order chi connectivity index (χ1) is 28.9. The number of ether oxygens (including phenoxy) is 1. The quantitative estimate of drug-likeness (QED) is 0.150. The molecule has 336 valence electrons. The average Bonchev–Trinajstić information content (AvgIpc) is 3.69. The van der Waals surface area contributed by atoms with Crippen LogP contribution in [0.1, 0.15) is 57.4 Å². The number of aromatic hydroxyl groups is 1. The van der Waals surface area contributed by atoms with Crippen LogP contribution < -0.4 is 15.0 Å². The Bertz CT molecular complexity index is 2380. The molecule has 0 saturated carbocycles. The van der Waals surface area contributed by atoms with Crippen LogP contribution in [0.25, 0.3) is 32.8 Å². The molecule has 3 saturated heterocycles. The molecule has 1 aromatic heterocycles. The van der Waals surface area contributed by atoms with Crippen molar-refractivity contribution < 1.29 is 78.3 Å². The second kappa shape index (κ2) is 17.2. The van der Waals surface area contributed by atoms with E-state index in [1.54, 1.807) is 0 Å². The van der Waals surface area contributed by atoms with Gasteiger partial charge in [0.2, 0.25) is 5.91 Å². The van der Waals surface area contributed by atoms with E-state index < -0.39 is 64.6 Å². The molecule has 0 spiro atoms. The number of benzene rings is 3. The number of halogens is 10. The predicted octanol–water partition coefficient (Wildman–Crippen LogP) is 7.61. The molecule has 9 rings (SSSR count). The van der Waals surface area contributed by atoms with E-state index in [4.69, 9.17) is 29.5 Å². The van der Waals surface area contributed by atoms with Crippen molar-refractivity contribution >= 4 is 45.3 Å². The standard InChI is InChI=1S/C36H37F4N5O3.2C2HF3O2/c1-35-9-3-11-44(18-35)33-25-15-27(39)30(24-14-22(46)13-20-7-8-26(38)23(29(20)24)5-2-6-28(47)43-35)31(40)32(25)41-34(42-33)48-19-36-10-4-12-45(36)17-21(37)16-36;2*3-2(4,5)1(6)7/h7-8,13-15,21,46H,2-6,9-12,16-19H2,1H3,(H,43,47);2*(H,6,7)/t21-,35-,36+;;/m1../s1. The first-order valence-corrected chi connectivity index (χ1v) is 19.2. The van der Waals surface area contributed by atoms with Gasteiger partial charge in [-0.15, -0.1) is 0 Å². The maximum Gasteiger partial charge on any atom is 0.490 e. The van der Waals surface area contributed by atoms with E-state index in [0.717, 1.165) is 19.4 Å². The molecule has 12 nitrogen and oxygen atoms in total. The molecule has 1 amide bonds. The molecule has 3 atom stereocenters. The van der Waals surface area contributed by atoms with Crippen molar-refractivity contribution in [3.05, 3.63) is 53.3 Å². The Balaban J connectivity index is 0.000000397. The van der Waals surface area contributed by atoms with Crippen molar-refractivity contribution in [1.29, 1.82) is 0 Å². The topological polar surface area (TPSA) is 165 Å². The molecule has 0 radical (unpaired) electrons. The van der Waals surface area contributed by atoms with Crippen LogP contribution >= 0.6 is 0 Å². The molecule has 5 aliphatic rings. The number of aromatic nitrogens is 2. The van der Waals surface area contributed by atoms with Crippen LogP contribution in [0.15, 0.2) is 30.3 Å². The molecular weight excluding hydrogens is 852 g/mol. The van der Waals surface area contributed by atoms with Crippen molar-refractivity contribution in [3.63, 3.8) is 0 Å². The van der Waals surface area contributed by atoms with Crippen LogP contribution in [0.2, 0.25) is 0 Å². The fraction of sp³-hybridized carbons (Fsp3) is 0.475. The first-order valence-electron chi connectivity index (χ1n) is 19.2. The predicted molar refractivity (Wildman–Crippen MR) is 201 cm³/mol. The number of nitrogens with zero attached hydrogens (tertiary/aromatic N) is 4. The monoisotopic (exact) mass is 891 g/mol. The summed E-state index contributed by atoms with van der Waals surface area (Å²) in [6.07, 6.45) is -7.22. The number of aliphatic carboxylic acids is 2. The van der Waals surface area contributed by atoms with Gasteiger partial charge in [0.1, 0.15) is 41.5 Å². The number of carboxylic acids is 2. The summed E-state index contributed by atoms with van der Waals surface area (Å²) in [4.78, 5) is 44.2. The van der Waals surface area contributed by atoms with Gasteiger partial charge in [-0.2, -0.15) is 36.3 Å². The maximum absolute atomic E-state index is 17.0. The zero-order valence-corrected chi connectivity index (χ0v) is 32.7. The fourth-order valence-corrected chi connectivity index (χ4v) is 8.65. The van der Waals surface area contributed by atoms with Gasteiger partial charge in [-0.25, -0.2) is 27.2 Å². The number of hydrogen-bond acceptors (Lipinski definition) is 9. The van der Waals surface area contributed by atoms with Gasteiger partial charge in [-0.3, -0.25) is 9.69 Å². The second-order valence-corrected chi connectivity index (χ2v) is 15.8. The Morgan fingerprint density at radius 2 is 1.58 bits per heavy atom. The molecule has 4 aromatic rings. The minimum absolute atomic E-state index is 0.0263. The highest BCUT2D eigenvalue weighted by Gasteiger charge is 2.49. The third-order valence-electron chi connectivity index (χ3n) is 11.2. The van der Waals surface area contributed by atoms with Crippen LogP contribution in [-0.2, 0) is 20.8 Å². The van der Waals surface area contributed by atoms with Crippen molar-refractivity contribution in [2.45, 2.75) is 87.9 Å². The summed E-state index contributed by atoms with van der Waals surface area (Å²) >= 11 is 0. The number of carboxylic acid groups (broad SMARTS) is 2. The highest BCUT2D eigenvalue weighted by atomic mass is 19.4. The summed E-state index contributed by atoms with van der Waals surface area (Å²) in [5.41, 5.74) is -1.66. The van der Waals surface area contributed by atoms with E-state index in [1.807, 2.05) is 11.8 Å². The van der Waals surface area contributed by atoms with Gasteiger partial charge in [-0.05, 0) is 98.2 Å². The number of anilines is 1. The van der Waals surface area contributed by atoms with E-state index in [0.29, 0.717) is 50.7 Å². The summed E-state index contributed by atoms with van der Waals surface area (Å²) in [5.74, 6) is -8.16. The van der Waals surface area contributed by atoms with Gasteiger partial charge in [-0.1, -0.05) is 6.07 Å². The molecule has 62 heavy (non-hydrogen) atoms. The number of hydrogen-bond donors (Lipinski definition) is 4. The Kier molecular flexibility index (Phi) is 12.7. The molecule has 22 heteroatoms. The molecule has 0 aliphatic carbocycles. The van der Waals surface area contributed by atoms with E-state index in [1.165, 1.54) is 30.3 Å². The van der Waals surface area contributed by atoms with Crippen LogP contribution in [0.4, 0.5) is 49.7 Å². The smallest absolute Gasteiger partial charge is 0.490 e. The van der Waals surface area contributed by atoms with Crippen molar-refractivity contribution in [3.8, 4) is 22.9 Å². The number of phenols is 1.